The van der Waals surface area contributed by atoms with Crippen molar-refractivity contribution in [3.63, 3.8) is 0 Å². The highest BCUT2D eigenvalue weighted by Crippen LogP contribution is 2.38. The predicted octanol–water partition coefficient (Wildman–Crippen LogP) is 3.31. The Morgan fingerprint density at radius 1 is 1.47 bits per heavy atom. The van der Waals surface area contributed by atoms with Crippen molar-refractivity contribution in [2.24, 2.45) is 0 Å². The van der Waals surface area contributed by atoms with Crippen LogP contribution in [-0.4, -0.2) is 16.1 Å². The molecule has 0 bridgehead atoms. The highest BCUT2D eigenvalue weighted by atomic mass is 16.4. The number of rotatable bonds is 3. The number of carboxylic acids is 1. The maximum atomic E-state index is 11.3. The van der Waals surface area contributed by atoms with Crippen LogP contribution in [0.3, 0.4) is 0 Å². The topological polar surface area (TPSA) is 50.2 Å². The van der Waals surface area contributed by atoms with E-state index in [9.17, 15) is 9.90 Å². The molecule has 1 aliphatic carbocycles. The van der Waals surface area contributed by atoms with Gasteiger partial charge in [-0.3, -0.25) is 4.98 Å². The molecule has 1 N–H and O–H groups in total. The number of aryl methyl sites for hydroxylation is 1. The largest absolute Gasteiger partial charge is 0.478 e. The standard InChI is InChI=1S/C14H19NO2/c1-3-12-9(2)13(10-6-4-5-7-10)11(8-15-12)14(16)17/h8,10H,3-7H2,1-2H3,(H,16,17). The molecule has 0 unspecified atom stereocenters. The van der Waals surface area contributed by atoms with Crippen LogP contribution >= 0.6 is 0 Å². The van der Waals surface area contributed by atoms with E-state index in [1.807, 2.05) is 6.92 Å². The van der Waals surface area contributed by atoms with Gasteiger partial charge in [-0.25, -0.2) is 4.79 Å². The normalized spacial score (nSPS) is 16.4. The number of nitrogens with zero attached hydrogens (tertiary/aromatic N) is 1. The number of aromatic carboxylic acids is 1. The van der Waals surface area contributed by atoms with E-state index in [4.69, 9.17) is 0 Å². The average molecular weight is 233 g/mol. The number of carboxylic acid groups (broad SMARTS) is 1. The smallest absolute Gasteiger partial charge is 0.337 e. The first-order valence-electron chi connectivity index (χ1n) is 6.36. The first kappa shape index (κ1) is 12.1. The highest BCUT2D eigenvalue weighted by molar-refractivity contribution is 5.89. The molecule has 1 heterocycles. The Balaban J connectivity index is 2.53. The lowest BCUT2D eigenvalue weighted by Gasteiger charge is -2.18. The first-order chi connectivity index (χ1) is 8.15. The number of aromatic nitrogens is 1. The second-order valence-corrected chi connectivity index (χ2v) is 4.80. The molecule has 1 saturated carbocycles. The summed E-state index contributed by atoms with van der Waals surface area (Å²) in [6.45, 7) is 4.08. The number of pyridine rings is 1. The highest BCUT2D eigenvalue weighted by Gasteiger charge is 2.25. The molecule has 92 valence electrons. The lowest BCUT2D eigenvalue weighted by atomic mass is 9.89. The van der Waals surface area contributed by atoms with Crippen LogP contribution in [-0.2, 0) is 6.42 Å². The summed E-state index contributed by atoms with van der Waals surface area (Å²) in [5, 5.41) is 9.27. The van der Waals surface area contributed by atoms with E-state index in [1.165, 1.54) is 12.8 Å². The van der Waals surface area contributed by atoms with E-state index in [0.717, 1.165) is 36.1 Å². The third-order valence-electron chi connectivity index (χ3n) is 3.81. The molecule has 3 nitrogen and oxygen atoms in total. The van der Waals surface area contributed by atoms with Crippen molar-refractivity contribution in [3.05, 3.63) is 28.6 Å². The minimum atomic E-state index is -0.842. The molecule has 1 aromatic rings. The summed E-state index contributed by atoms with van der Waals surface area (Å²) in [5.74, 6) is -0.417. The Labute approximate surface area is 102 Å². The van der Waals surface area contributed by atoms with Crippen molar-refractivity contribution in [2.75, 3.05) is 0 Å². The van der Waals surface area contributed by atoms with Gasteiger partial charge >= 0.3 is 5.97 Å². The van der Waals surface area contributed by atoms with Gasteiger partial charge in [-0.05, 0) is 43.2 Å². The third-order valence-corrected chi connectivity index (χ3v) is 3.81. The summed E-state index contributed by atoms with van der Waals surface area (Å²) in [7, 11) is 0. The zero-order chi connectivity index (χ0) is 12.4. The van der Waals surface area contributed by atoms with Crippen LogP contribution in [0, 0.1) is 6.92 Å². The summed E-state index contributed by atoms with van der Waals surface area (Å²) in [6.07, 6.45) is 7.08. The summed E-state index contributed by atoms with van der Waals surface area (Å²) < 4.78 is 0. The quantitative estimate of drug-likeness (QED) is 0.871. The molecule has 1 aliphatic rings. The van der Waals surface area contributed by atoms with E-state index in [0.29, 0.717) is 11.5 Å². The number of hydrogen-bond donors (Lipinski definition) is 1. The molecule has 0 saturated heterocycles. The van der Waals surface area contributed by atoms with Gasteiger partial charge in [-0.1, -0.05) is 19.8 Å². The van der Waals surface area contributed by atoms with Crippen molar-refractivity contribution >= 4 is 5.97 Å². The Hall–Kier alpha value is -1.38. The maximum Gasteiger partial charge on any atom is 0.337 e. The van der Waals surface area contributed by atoms with Gasteiger partial charge in [0.2, 0.25) is 0 Å². The fraction of sp³-hybridized carbons (Fsp3) is 0.571. The summed E-state index contributed by atoms with van der Waals surface area (Å²) in [5.41, 5.74) is 3.59. The molecule has 0 aromatic carbocycles. The van der Waals surface area contributed by atoms with Gasteiger partial charge in [-0.15, -0.1) is 0 Å². The predicted molar refractivity (Wildman–Crippen MR) is 66.5 cm³/mol. The van der Waals surface area contributed by atoms with Crippen LogP contribution in [0.5, 0.6) is 0 Å². The second-order valence-electron chi connectivity index (χ2n) is 4.80. The van der Waals surface area contributed by atoms with Gasteiger partial charge in [0, 0.05) is 11.9 Å². The van der Waals surface area contributed by atoms with E-state index in [-0.39, 0.29) is 0 Å². The van der Waals surface area contributed by atoms with Gasteiger partial charge in [0.25, 0.3) is 0 Å². The molecular formula is C14H19NO2. The van der Waals surface area contributed by atoms with Crippen LogP contribution < -0.4 is 0 Å². The van der Waals surface area contributed by atoms with Gasteiger partial charge < -0.3 is 5.11 Å². The lowest BCUT2D eigenvalue weighted by molar-refractivity contribution is 0.0694. The van der Waals surface area contributed by atoms with E-state index < -0.39 is 5.97 Å². The van der Waals surface area contributed by atoms with Crippen LogP contribution in [0.2, 0.25) is 0 Å². The van der Waals surface area contributed by atoms with E-state index >= 15 is 0 Å². The minimum Gasteiger partial charge on any atom is -0.478 e. The molecule has 2 rings (SSSR count). The van der Waals surface area contributed by atoms with Gasteiger partial charge in [0.1, 0.15) is 0 Å². The average Bonchev–Trinajstić information content (AvgIpc) is 2.81. The molecule has 17 heavy (non-hydrogen) atoms. The zero-order valence-electron chi connectivity index (χ0n) is 10.5. The van der Waals surface area contributed by atoms with Crippen molar-refractivity contribution in [1.82, 2.24) is 4.98 Å². The molecule has 3 heteroatoms. The Bertz CT molecular complexity index is 434. The van der Waals surface area contributed by atoms with Crippen LogP contribution in [0.15, 0.2) is 6.20 Å². The van der Waals surface area contributed by atoms with Crippen LogP contribution in [0.25, 0.3) is 0 Å². The molecule has 0 amide bonds. The van der Waals surface area contributed by atoms with E-state index in [2.05, 4.69) is 11.9 Å². The van der Waals surface area contributed by atoms with Crippen LogP contribution in [0.4, 0.5) is 0 Å². The van der Waals surface area contributed by atoms with Gasteiger partial charge in [0.05, 0.1) is 5.56 Å². The van der Waals surface area contributed by atoms with E-state index in [1.54, 1.807) is 6.20 Å². The van der Waals surface area contributed by atoms with Crippen molar-refractivity contribution < 1.29 is 9.90 Å². The zero-order valence-corrected chi connectivity index (χ0v) is 10.5. The van der Waals surface area contributed by atoms with Gasteiger partial charge in [0.15, 0.2) is 0 Å². The molecule has 1 fully saturated rings. The molecule has 0 aliphatic heterocycles. The van der Waals surface area contributed by atoms with Crippen molar-refractivity contribution in [2.45, 2.75) is 51.9 Å². The maximum absolute atomic E-state index is 11.3. The molecule has 0 atom stereocenters. The molecule has 0 spiro atoms. The molecule has 1 aromatic heterocycles. The first-order valence-corrected chi connectivity index (χ1v) is 6.36. The fourth-order valence-electron chi connectivity index (χ4n) is 2.93. The van der Waals surface area contributed by atoms with Gasteiger partial charge in [-0.2, -0.15) is 0 Å². The minimum absolute atomic E-state index is 0.409. The SMILES string of the molecule is CCc1ncc(C(=O)O)c(C2CCCC2)c1C. The van der Waals surface area contributed by atoms with Crippen molar-refractivity contribution in [1.29, 1.82) is 0 Å². The Morgan fingerprint density at radius 2 is 2.12 bits per heavy atom. The number of carbonyl (C=O) groups is 1. The molecular weight excluding hydrogens is 214 g/mol. The third kappa shape index (κ3) is 2.19. The summed E-state index contributed by atoms with van der Waals surface area (Å²) >= 11 is 0. The molecule has 0 radical (unpaired) electrons. The fourth-order valence-corrected chi connectivity index (χ4v) is 2.93. The lowest BCUT2D eigenvalue weighted by Crippen LogP contribution is -2.11. The second kappa shape index (κ2) is 4.86. The van der Waals surface area contributed by atoms with Crippen molar-refractivity contribution in [3.8, 4) is 0 Å². The Kier molecular flexibility index (Phi) is 3.46. The van der Waals surface area contributed by atoms with Crippen LogP contribution in [0.1, 0.15) is 65.7 Å². The Morgan fingerprint density at radius 3 is 2.65 bits per heavy atom. The monoisotopic (exact) mass is 233 g/mol. The summed E-state index contributed by atoms with van der Waals surface area (Å²) in [4.78, 5) is 15.6. The summed E-state index contributed by atoms with van der Waals surface area (Å²) in [6, 6.07) is 0. The number of hydrogen-bond acceptors (Lipinski definition) is 2.